The number of hydrogen-bond donors (Lipinski definition) is 2. The summed E-state index contributed by atoms with van der Waals surface area (Å²) >= 11 is 0. The minimum atomic E-state index is -0.593. The molecule has 0 aromatic heterocycles. The van der Waals surface area contributed by atoms with Crippen molar-refractivity contribution in [3.8, 4) is 0 Å². The Labute approximate surface area is 138 Å². The third-order valence-electron chi connectivity index (χ3n) is 5.07. The molecule has 1 saturated heterocycles. The maximum absolute atomic E-state index is 10.2. The Kier molecular flexibility index (Phi) is 10.3. The highest BCUT2D eigenvalue weighted by molar-refractivity contribution is 4.83. The number of aliphatic hydroxyl groups excluding tert-OH is 1. The van der Waals surface area contributed by atoms with Crippen molar-refractivity contribution in [3.63, 3.8) is 0 Å². The number of unbranched alkanes of at least 4 members (excludes halogenated alkanes) is 7. The third-order valence-corrected chi connectivity index (χ3v) is 5.07. The molecule has 0 saturated carbocycles. The topological polar surface area (TPSA) is 41.5 Å². The van der Waals surface area contributed by atoms with Gasteiger partial charge < -0.3 is 15.2 Å². The van der Waals surface area contributed by atoms with Gasteiger partial charge in [-0.05, 0) is 58.5 Å². The van der Waals surface area contributed by atoms with Gasteiger partial charge in [-0.1, -0.05) is 51.9 Å². The van der Waals surface area contributed by atoms with Gasteiger partial charge in [0.1, 0.15) is 0 Å². The van der Waals surface area contributed by atoms with E-state index in [1.807, 2.05) is 0 Å². The highest BCUT2D eigenvalue weighted by Gasteiger charge is 2.33. The molecule has 0 radical (unpaired) electrons. The second kappa shape index (κ2) is 11.4. The molecule has 1 fully saturated rings. The first-order chi connectivity index (χ1) is 10.6. The molecule has 0 aliphatic carbocycles. The van der Waals surface area contributed by atoms with E-state index < -0.39 is 6.29 Å². The zero-order chi connectivity index (χ0) is 16.3. The Morgan fingerprint density at radius 3 is 2.14 bits per heavy atom. The quantitative estimate of drug-likeness (QED) is 0.408. The van der Waals surface area contributed by atoms with Crippen molar-refractivity contribution in [3.05, 3.63) is 0 Å². The SMILES string of the molecule is CCCCCCCCCCC(O)OC(C)(C)C1CCNCC1. The van der Waals surface area contributed by atoms with Crippen LogP contribution in [0.1, 0.15) is 91.4 Å². The van der Waals surface area contributed by atoms with Crippen molar-refractivity contribution in [2.24, 2.45) is 5.92 Å². The molecule has 1 heterocycles. The van der Waals surface area contributed by atoms with E-state index in [0.717, 1.165) is 38.8 Å². The van der Waals surface area contributed by atoms with Crippen LogP contribution in [0.5, 0.6) is 0 Å². The molecular weight excluding hydrogens is 274 g/mol. The monoisotopic (exact) mass is 313 g/mol. The van der Waals surface area contributed by atoms with Gasteiger partial charge in [0.2, 0.25) is 0 Å². The summed E-state index contributed by atoms with van der Waals surface area (Å²) in [7, 11) is 0. The van der Waals surface area contributed by atoms with Crippen molar-refractivity contribution in [1.82, 2.24) is 5.32 Å². The van der Waals surface area contributed by atoms with Crippen molar-refractivity contribution < 1.29 is 9.84 Å². The smallest absolute Gasteiger partial charge is 0.155 e. The van der Waals surface area contributed by atoms with Gasteiger partial charge in [-0.2, -0.15) is 0 Å². The number of hydrogen-bond acceptors (Lipinski definition) is 3. The average molecular weight is 314 g/mol. The molecule has 0 bridgehead atoms. The Bertz CT molecular complexity index is 262. The van der Waals surface area contributed by atoms with E-state index in [9.17, 15) is 5.11 Å². The maximum atomic E-state index is 10.2. The van der Waals surface area contributed by atoms with Crippen LogP contribution < -0.4 is 5.32 Å². The van der Waals surface area contributed by atoms with Crippen molar-refractivity contribution in [2.75, 3.05) is 13.1 Å². The summed E-state index contributed by atoms with van der Waals surface area (Å²) in [5, 5.41) is 13.5. The molecule has 3 heteroatoms. The fraction of sp³-hybridized carbons (Fsp3) is 1.00. The predicted octanol–water partition coefficient (Wildman–Crippen LogP) is 4.63. The summed E-state index contributed by atoms with van der Waals surface area (Å²) in [6.07, 6.45) is 12.9. The molecule has 0 aromatic rings. The number of aliphatic hydroxyl groups is 1. The minimum absolute atomic E-state index is 0.207. The number of rotatable bonds is 12. The van der Waals surface area contributed by atoms with Gasteiger partial charge in [0.25, 0.3) is 0 Å². The summed E-state index contributed by atoms with van der Waals surface area (Å²) in [6.45, 7) is 8.68. The van der Waals surface area contributed by atoms with Crippen LogP contribution in [0.2, 0.25) is 0 Å². The minimum Gasteiger partial charge on any atom is -0.368 e. The van der Waals surface area contributed by atoms with Gasteiger partial charge in [0, 0.05) is 0 Å². The van der Waals surface area contributed by atoms with Crippen molar-refractivity contribution in [2.45, 2.75) is 103 Å². The summed E-state index contributed by atoms with van der Waals surface area (Å²) < 4.78 is 5.96. The Balaban J connectivity index is 2.05. The molecular formula is C19H39NO2. The van der Waals surface area contributed by atoms with E-state index in [-0.39, 0.29) is 5.60 Å². The molecule has 3 nitrogen and oxygen atoms in total. The van der Waals surface area contributed by atoms with Crippen LogP contribution in [0.3, 0.4) is 0 Å². The van der Waals surface area contributed by atoms with Crippen LogP contribution in [0.15, 0.2) is 0 Å². The summed E-state index contributed by atoms with van der Waals surface area (Å²) in [6, 6.07) is 0. The first kappa shape index (κ1) is 19.9. The highest BCUT2D eigenvalue weighted by Crippen LogP contribution is 2.30. The summed E-state index contributed by atoms with van der Waals surface area (Å²) in [4.78, 5) is 0. The number of ether oxygens (including phenoxy) is 1. The van der Waals surface area contributed by atoms with Gasteiger partial charge >= 0.3 is 0 Å². The van der Waals surface area contributed by atoms with E-state index in [2.05, 4.69) is 26.1 Å². The van der Waals surface area contributed by atoms with Gasteiger partial charge in [-0.15, -0.1) is 0 Å². The largest absolute Gasteiger partial charge is 0.368 e. The third kappa shape index (κ3) is 8.50. The van der Waals surface area contributed by atoms with Crippen molar-refractivity contribution in [1.29, 1.82) is 0 Å². The van der Waals surface area contributed by atoms with Crippen LogP contribution >= 0.6 is 0 Å². The molecule has 0 aromatic carbocycles. The second-order valence-electron chi connectivity index (χ2n) is 7.46. The van der Waals surface area contributed by atoms with Crippen LogP contribution in [0.25, 0.3) is 0 Å². The Morgan fingerprint density at radius 1 is 1.00 bits per heavy atom. The Hall–Kier alpha value is -0.120. The summed E-state index contributed by atoms with van der Waals surface area (Å²) in [5.74, 6) is 0.557. The van der Waals surface area contributed by atoms with Gasteiger partial charge in [0.15, 0.2) is 6.29 Å². The van der Waals surface area contributed by atoms with E-state index >= 15 is 0 Å². The Morgan fingerprint density at radius 2 is 1.55 bits per heavy atom. The van der Waals surface area contributed by atoms with Crippen LogP contribution in [-0.4, -0.2) is 30.1 Å². The molecule has 22 heavy (non-hydrogen) atoms. The molecule has 0 amide bonds. The molecule has 1 aliphatic heterocycles. The molecule has 1 atom stereocenters. The molecule has 132 valence electrons. The van der Waals surface area contributed by atoms with Crippen molar-refractivity contribution >= 4 is 0 Å². The van der Waals surface area contributed by atoms with E-state index in [0.29, 0.717) is 5.92 Å². The fourth-order valence-electron chi connectivity index (χ4n) is 3.48. The molecule has 1 aliphatic rings. The van der Waals surface area contributed by atoms with Crippen LogP contribution in [0.4, 0.5) is 0 Å². The first-order valence-electron chi connectivity index (χ1n) is 9.63. The number of piperidine rings is 1. The van der Waals surface area contributed by atoms with Gasteiger partial charge in [-0.25, -0.2) is 0 Å². The molecule has 2 N–H and O–H groups in total. The predicted molar refractivity (Wildman–Crippen MR) is 94.0 cm³/mol. The van der Waals surface area contributed by atoms with E-state index in [1.54, 1.807) is 0 Å². The molecule has 1 rings (SSSR count). The van der Waals surface area contributed by atoms with Gasteiger partial charge in [-0.3, -0.25) is 0 Å². The lowest BCUT2D eigenvalue weighted by atomic mass is 9.83. The average Bonchev–Trinajstić information content (AvgIpc) is 2.50. The standard InChI is InChI=1S/C19H39NO2/c1-4-5-6-7-8-9-10-11-12-18(21)22-19(2,3)17-13-15-20-16-14-17/h17-18,20-21H,4-16H2,1-3H3. The van der Waals surface area contributed by atoms with E-state index in [4.69, 9.17) is 4.74 Å². The summed E-state index contributed by atoms with van der Waals surface area (Å²) in [5.41, 5.74) is -0.207. The second-order valence-corrected chi connectivity index (χ2v) is 7.46. The fourth-order valence-corrected chi connectivity index (χ4v) is 3.48. The normalized spacial score (nSPS) is 18.5. The van der Waals surface area contributed by atoms with E-state index in [1.165, 1.54) is 44.9 Å². The van der Waals surface area contributed by atoms with Gasteiger partial charge in [0.05, 0.1) is 5.60 Å². The van der Waals surface area contributed by atoms with Crippen LogP contribution in [-0.2, 0) is 4.74 Å². The molecule has 0 spiro atoms. The zero-order valence-electron chi connectivity index (χ0n) is 15.2. The lowest BCUT2D eigenvalue weighted by Crippen LogP contribution is -2.43. The van der Waals surface area contributed by atoms with Crippen LogP contribution in [0, 0.1) is 5.92 Å². The number of nitrogens with one attached hydrogen (secondary N) is 1. The molecule has 1 unspecified atom stereocenters. The first-order valence-corrected chi connectivity index (χ1v) is 9.63. The lowest BCUT2D eigenvalue weighted by Gasteiger charge is -2.38. The lowest BCUT2D eigenvalue weighted by molar-refractivity contribution is -0.197. The highest BCUT2D eigenvalue weighted by atomic mass is 16.6. The zero-order valence-corrected chi connectivity index (χ0v) is 15.2. The maximum Gasteiger partial charge on any atom is 0.155 e.